The van der Waals surface area contributed by atoms with Crippen LogP contribution in [-0.4, -0.2) is 24.6 Å². The van der Waals surface area contributed by atoms with Gasteiger partial charge in [0.2, 0.25) is 5.71 Å². The molecule has 3 heterocycles. The molecule has 0 unspecified atom stereocenters. The normalized spacial score (nSPS) is 11.7. The van der Waals surface area contributed by atoms with E-state index in [1.807, 2.05) is 12.1 Å². The summed E-state index contributed by atoms with van der Waals surface area (Å²) in [6, 6.07) is 27.5. The molecule has 6 nitrogen and oxygen atoms in total. The summed E-state index contributed by atoms with van der Waals surface area (Å²) in [6.07, 6.45) is 3.74. The Morgan fingerprint density at radius 3 is 2.31 bits per heavy atom. The number of para-hydroxylation sites is 1. The topological polar surface area (TPSA) is 77.0 Å². The van der Waals surface area contributed by atoms with Crippen LogP contribution in [-0.2, 0) is 21.1 Å². The van der Waals surface area contributed by atoms with Crippen LogP contribution >= 0.6 is 0 Å². The Morgan fingerprint density at radius 1 is 0.833 bits per heavy atom. The van der Waals surface area contributed by atoms with Crippen LogP contribution < -0.4 is 0 Å². The number of benzene rings is 4. The van der Waals surface area contributed by atoms with E-state index in [1.165, 1.54) is 11.1 Å². The minimum absolute atomic E-state index is 0. The first kappa shape index (κ1) is 27.9. The first-order chi connectivity index (χ1) is 19.9. The van der Waals surface area contributed by atoms with Crippen molar-refractivity contribution in [3.8, 4) is 34.2 Å². The van der Waals surface area contributed by atoms with E-state index in [1.54, 1.807) is 24.4 Å². The number of nitrogens with zero attached hydrogens (tertiary/aromatic N) is 4. The fraction of sp³-hybridized carbons (Fsp3) is 0.171. The molecule has 0 aliphatic carbocycles. The quantitative estimate of drug-likeness (QED) is 0.179. The number of phenols is 1. The molecule has 7 heteroatoms. The van der Waals surface area contributed by atoms with E-state index in [0.717, 1.165) is 27.8 Å². The summed E-state index contributed by atoms with van der Waals surface area (Å²) in [5.74, 6) is 1.53. The molecule has 0 amide bonds. The van der Waals surface area contributed by atoms with Gasteiger partial charge in [-0.1, -0.05) is 75.7 Å². The van der Waals surface area contributed by atoms with Crippen LogP contribution in [0.3, 0.4) is 0 Å². The van der Waals surface area contributed by atoms with Gasteiger partial charge < -0.3 is 14.1 Å². The van der Waals surface area contributed by atoms with Gasteiger partial charge in [0, 0.05) is 27.3 Å². The van der Waals surface area contributed by atoms with E-state index in [4.69, 9.17) is 14.4 Å². The summed E-state index contributed by atoms with van der Waals surface area (Å²) in [4.78, 5) is 14.7. The zero-order valence-electron chi connectivity index (χ0n) is 23.7. The fourth-order valence-electron chi connectivity index (χ4n) is 5.68. The summed E-state index contributed by atoms with van der Waals surface area (Å²) in [6.45, 7) is 8.90. The number of fused-ring (bicyclic) bond motifs is 4. The maximum absolute atomic E-state index is 10.6. The first-order valence-electron chi connectivity index (χ1n) is 13.9. The van der Waals surface area contributed by atoms with Gasteiger partial charge in [0.05, 0.1) is 17.3 Å². The smallest absolute Gasteiger partial charge is 0.246 e. The second-order valence-corrected chi connectivity index (χ2v) is 11.0. The van der Waals surface area contributed by atoms with Gasteiger partial charge in [-0.25, -0.2) is 15.0 Å². The van der Waals surface area contributed by atoms with E-state index in [9.17, 15) is 5.11 Å². The van der Waals surface area contributed by atoms with Gasteiger partial charge in [-0.3, -0.25) is 0 Å². The minimum Gasteiger partial charge on any atom is -0.507 e. The summed E-state index contributed by atoms with van der Waals surface area (Å²) < 4.78 is 8.08. The van der Waals surface area contributed by atoms with Gasteiger partial charge in [-0.2, -0.15) is 0 Å². The second-order valence-electron chi connectivity index (χ2n) is 11.0. The van der Waals surface area contributed by atoms with E-state index in [0.29, 0.717) is 45.4 Å². The molecule has 1 N–H and O–H groups in total. The predicted octanol–water partition coefficient (Wildman–Crippen LogP) is 8.80. The third-order valence-electron chi connectivity index (χ3n) is 7.68. The summed E-state index contributed by atoms with van der Waals surface area (Å²) in [5, 5.41) is 13.2. The van der Waals surface area contributed by atoms with Gasteiger partial charge in [-0.05, 0) is 35.1 Å². The largest absolute Gasteiger partial charge is 0.507 e. The molecule has 0 saturated heterocycles. The molecule has 212 valence electrons. The first-order valence-corrected chi connectivity index (χ1v) is 13.9. The monoisotopic (exact) mass is 732 g/mol. The number of phenolic OH excluding ortho intramolecular Hbond substituents is 1. The van der Waals surface area contributed by atoms with E-state index in [-0.39, 0.29) is 26.8 Å². The molecule has 0 aliphatic rings. The Balaban J connectivity index is 0.00000316. The Hall–Kier alpha value is -4.28. The van der Waals surface area contributed by atoms with Crippen molar-refractivity contribution in [3.63, 3.8) is 0 Å². The summed E-state index contributed by atoms with van der Waals surface area (Å²) in [7, 11) is 0. The van der Waals surface area contributed by atoms with E-state index < -0.39 is 0 Å². The van der Waals surface area contributed by atoms with E-state index in [2.05, 4.69) is 92.0 Å². The Kier molecular flexibility index (Phi) is 7.20. The molecule has 7 aromatic rings. The van der Waals surface area contributed by atoms with Gasteiger partial charge >= 0.3 is 0 Å². The molecular formula is C35H29N4O2Pt-. The number of hydrogen-bond donors (Lipinski definition) is 1. The number of aromatic nitrogens is 4. The molecule has 0 spiro atoms. The van der Waals surface area contributed by atoms with Crippen molar-refractivity contribution in [3.05, 3.63) is 102 Å². The molecule has 0 aliphatic heterocycles. The van der Waals surface area contributed by atoms with Crippen LogP contribution in [0.2, 0.25) is 0 Å². The Labute approximate surface area is 258 Å². The summed E-state index contributed by atoms with van der Waals surface area (Å²) in [5.41, 5.74) is 7.33. The van der Waals surface area contributed by atoms with Crippen LogP contribution in [0.25, 0.3) is 61.4 Å². The van der Waals surface area contributed by atoms with Crippen molar-refractivity contribution in [2.75, 3.05) is 0 Å². The zero-order valence-corrected chi connectivity index (χ0v) is 26.0. The molecule has 0 bridgehead atoms. The van der Waals surface area contributed by atoms with Crippen LogP contribution in [0, 0.1) is 6.07 Å². The van der Waals surface area contributed by atoms with Crippen molar-refractivity contribution in [2.45, 2.75) is 39.5 Å². The third kappa shape index (κ3) is 4.51. The Bertz CT molecular complexity index is 2060. The maximum atomic E-state index is 10.6. The predicted molar refractivity (Wildman–Crippen MR) is 163 cm³/mol. The molecule has 0 radical (unpaired) electrons. The average molecular weight is 733 g/mol. The number of furan rings is 1. The van der Waals surface area contributed by atoms with Gasteiger partial charge in [-0.15, -0.1) is 35.0 Å². The maximum Gasteiger partial charge on any atom is 0.246 e. The van der Waals surface area contributed by atoms with Crippen molar-refractivity contribution in [1.82, 2.24) is 19.5 Å². The standard InChI is InChI=1S/C35H29N4O2.Pt/c1-20(2)23-13-8-14-24(21(3)4)33(23)39-19-28(38-34(39)26-15-7-11-22-10-5-6-12-25(22)26)27-18-36-35-32(37-27)31-29(40)16-9-17-30(31)41-35;/h5-11,13-21,40H,1-4H3;/q-1;. The van der Waals surface area contributed by atoms with E-state index >= 15 is 0 Å². The number of imidazole rings is 1. The molecule has 42 heavy (non-hydrogen) atoms. The fourth-order valence-corrected chi connectivity index (χ4v) is 5.68. The number of aromatic hydroxyl groups is 1. The number of rotatable bonds is 5. The third-order valence-corrected chi connectivity index (χ3v) is 7.68. The molecule has 0 atom stereocenters. The van der Waals surface area contributed by atoms with Crippen LogP contribution in [0.4, 0.5) is 0 Å². The van der Waals surface area contributed by atoms with Crippen LogP contribution in [0.1, 0.15) is 50.7 Å². The zero-order chi connectivity index (χ0) is 28.2. The average Bonchev–Trinajstić information content (AvgIpc) is 3.58. The van der Waals surface area contributed by atoms with Crippen LogP contribution in [0.5, 0.6) is 5.75 Å². The molecule has 4 aromatic carbocycles. The van der Waals surface area contributed by atoms with Crippen molar-refractivity contribution >= 4 is 33.0 Å². The minimum atomic E-state index is 0. The van der Waals surface area contributed by atoms with Crippen molar-refractivity contribution in [2.24, 2.45) is 0 Å². The number of hydrogen-bond acceptors (Lipinski definition) is 5. The van der Waals surface area contributed by atoms with Crippen molar-refractivity contribution in [1.29, 1.82) is 0 Å². The molecule has 0 saturated carbocycles. The molecular weight excluding hydrogens is 703 g/mol. The second kappa shape index (κ2) is 10.8. The van der Waals surface area contributed by atoms with Crippen molar-refractivity contribution < 1.29 is 30.6 Å². The summed E-state index contributed by atoms with van der Waals surface area (Å²) >= 11 is 0. The van der Waals surface area contributed by atoms with Crippen LogP contribution in [0.15, 0.2) is 89.6 Å². The molecule has 0 fully saturated rings. The molecule has 3 aromatic heterocycles. The van der Waals surface area contributed by atoms with Gasteiger partial charge in [0.1, 0.15) is 34.1 Å². The van der Waals surface area contributed by atoms with Gasteiger partial charge in [0.25, 0.3) is 0 Å². The Morgan fingerprint density at radius 2 is 1.55 bits per heavy atom. The molecule has 7 rings (SSSR count). The van der Waals surface area contributed by atoms with Gasteiger partial charge in [0.15, 0.2) is 0 Å². The SMILES string of the molecule is CC(C)c1cccc(C(C)C)c1-n1cc(-c2cnc3oc4cccc(O)c4c3n2)nc1-c1cccc2ccc[c-]c12.[Pt].